The number of hydrogen-bond donors (Lipinski definition) is 1. The van der Waals surface area contributed by atoms with E-state index in [-0.39, 0.29) is 12.5 Å². The highest BCUT2D eigenvalue weighted by Crippen LogP contribution is 2.45. The Morgan fingerprint density at radius 3 is 2.53 bits per heavy atom. The van der Waals surface area contributed by atoms with Crippen molar-refractivity contribution in [3.8, 4) is 0 Å². The largest absolute Gasteiger partial charge is 0.396 e. The first-order chi connectivity index (χ1) is 9.22. The Balaban J connectivity index is 1.78. The monoisotopic (exact) mass is 282 g/mol. The number of aliphatic hydroxyl groups is 1. The van der Waals surface area contributed by atoms with Gasteiger partial charge in [0.05, 0.1) is 13.2 Å². The van der Waals surface area contributed by atoms with E-state index in [1.807, 2.05) is 12.1 Å². The molecule has 1 aliphatic carbocycles. The molecule has 2 aliphatic rings. The molecule has 2 unspecified atom stereocenters. The van der Waals surface area contributed by atoms with Gasteiger partial charge in [-0.15, -0.1) is 0 Å². The molecule has 0 bridgehead atoms. The van der Waals surface area contributed by atoms with Crippen molar-refractivity contribution >= 4 is 11.6 Å². The standard InChI is InChI=1S/C15H19ClO3/c16-13-3-1-11(2-4-13)14-5-6-15(9-12(14)10-17)18-7-8-19-15/h1-4,12,14,17H,5-10H2. The molecule has 1 saturated heterocycles. The quantitative estimate of drug-likeness (QED) is 0.906. The fraction of sp³-hybridized carbons (Fsp3) is 0.600. The van der Waals surface area contributed by atoms with Crippen LogP contribution in [-0.2, 0) is 9.47 Å². The minimum absolute atomic E-state index is 0.168. The molecule has 1 aromatic rings. The van der Waals surface area contributed by atoms with E-state index in [0.717, 1.165) is 24.3 Å². The third-order valence-corrected chi connectivity index (χ3v) is 4.58. The average Bonchev–Trinajstić information content (AvgIpc) is 2.88. The molecule has 2 fully saturated rings. The Labute approximate surface area is 118 Å². The van der Waals surface area contributed by atoms with Crippen LogP contribution < -0.4 is 0 Å². The van der Waals surface area contributed by atoms with Crippen LogP contribution in [0.25, 0.3) is 0 Å². The van der Waals surface area contributed by atoms with E-state index >= 15 is 0 Å². The van der Waals surface area contributed by atoms with Crippen LogP contribution in [0.1, 0.15) is 30.7 Å². The third kappa shape index (κ3) is 2.65. The second-order valence-electron chi connectivity index (χ2n) is 5.45. The van der Waals surface area contributed by atoms with Crippen LogP contribution in [0.5, 0.6) is 0 Å². The maximum Gasteiger partial charge on any atom is 0.168 e. The summed E-state index contributed by atoms with van der Waals surface area (Å²) in [6.07, 6.45) is 2.65. The van der Waals surface area contributed by atoms with Crippen LogP contribution in [0.4, 0.5) is 0 Å². The number of ether oxygens (including phenoxy) is 2. The first-order valence-electron chi connectivity index (χ1n) is 6.87. The van der Waals surface area contributed by atoms with E-state index in [4.69, 9.17) is 21.1 Å². The molecule has 1 N–H and O–H groups in total. The lowest BCUT2D eigenvalue weighted by Crippen LogP contribution is -2.40. The first kappa shape index (κ1) is 13.4. The molecule has 4 heteroatoms. The average molecular weight is 283 g/mol. The molecule has 0 radical (unpaired) electrons. The first-order valence-corrected chi connectivity index (χ1v) is 7.24. The number of benzene rings is 1. The summed E-state index contributed by atoms with van der Waals surface area (Å²) >= 11 is 5.93. The van der Waals surface area contributed by atoms with E-state index in [0.29, 0.717) is 19.1 Å². The second kappa shape index (κ2) is 5.41. The minimum atomic E-state index is -0.434. The Morgan fingerprint density at radius 2 is 1.89 bits per heavy atom. The molecule has 3 nitrogen and oxygen atoms in total. The van der Waals surface area contributed by atoms with Crippen molar-refractivity contribution in [3.63, 3.8) is 0 Å². The molecule has 1 spiro atoms. The summed E-state index contributed by atoms with van der Waals surface area (Å²) in [4.78, 5) is 0. The molecule has 104 valence electrons. The van der Waals surface area contributed by atoms with E-state index in [9.17, 15) is 5.11 Å². The summed E-state index contributed by atoms with van der Waals surface area (Å²) in [6, 6.07) is 7.95. The lowest BCUT2D eigenvalue weighted by Gasteiger charge is -2.40. The maximum atomic E-state index is 9.68. The van der Waals surface area contributed by atoms with Gasteiger partial charge >= 0.3 is 0 Å². The van der Waals surface area contributed by atoms with Gasteiger partial charge in [0.1, 0.15) is 0 Å². The molecular formula is C15H19ClO3. The van der Waals surface area contributed by atoms with Gasteiger partial charge in [-0.1, -0.05) is 23.7 Å². The van der Waals surface area contributed by atoms with Crippen LogP contribution >= 0.6 is 11.6 Å². The summed E-state index contributed by atoms with van der Waals surface area (Å²) in [5.74, 6) is 0.116. The van der Waals surface area contributed by atoms with Gasteiger partial charge in [-0.3, -0.25) is 0 Å². The van der Waals surface area contributed by atoms with Crippen molar-refractivity contribution in [2.75, 3.05) is 19.8 Å². The second-order valence-corrected chi connectivity index (χ2v) is 5.89. The fourth-order valence-electron chi connectivity index (χ4n) is 3.35. The summed E-state index contributed by atoms with van der Waals surface area (Å²) in [5.41, 5.74) is 1.25. The topological polar surface area (TPSA) is 38.7 Å². The zero-order chi connectivity index (χ0) is 13.3. The van der Waals surface area contributed by atoms with Crippen molar-refractivity contribution in [2.24, 2.45) is 5.92 Å². The van der Waals surface area contributed by atoms with E-state index in [1.54, 1.807) is 0 Å². The Morgan fingerprint density at radius 1 is 1.21 bits per heavy atom. The lowest BCUT2D eigenvalue weighted by atomic mass is 9.73. The summed E-state index contributed by atoms with van der Waals surface area (Å²) in [5, 5.41) is 10.4. The van der Waals surface area contributed by atoms with Crippen LogP contribution in [0.2, 0.25) is 5.02 Å². The lowest BCUT2D eigenvalue weighted by molar-refractivity contribution is -0.192. The maximum absolute atomic E-state index is 9.68. The number of halogens is 1. The highest BCUT2D eigenvalue weighted by molar-refractivity contribution is 6.30. The fourth-order valence-corrected chi connectivity index (χ4v) is 3.48. The number of rotatable bonds is 2. The van der Waals surface area contributed by atoms with Crippen LogP contribution in [0.3, 0.4) is 0 Å². The zero-order valence-electron chi connectivity index (χ0n) is 10.8. The Hall–Kier alpha value is -0.610. The normalized spacial score (nSPS) is 29.8. The summed E-state index contributed by atoms with van der Waals surface area (Å²) in [6.45, 7) is 1.51. The molecule has 19 heavy (non-hydrogen) atoms. The van der Waals surface area contributed by atoms with Gasteiger partial charge < -0.3 is 14.6 Å². The molecular weight excluding hydrogens is 264 g/mol. The van der Waals surface area contributed by atoms with Gasteiger partial charge in [-0.2, -0.15) is 0 Å². The van der Waals surface area contributed by atoms with Crippen molar-refractivity contribution < 1.29 is 14.6 Å². The van der Waals surface area contributed by atoms with E-state index < -0.39 is 5.79 Å². The predicted molar refractivity (Wildman–Crippen MR) is 73.3 cm³/mol. The van der Waals surface area contributed by atoms with Crippen molar-refractivity contribution in [1.82, 2.24) is 0 Å². The van der Waals surface area contributed by atoms with Gasteiger partial charge in [0.15, 0.2) is 5.79 Å². The van der Waals surface area contributed by atoms with Crippen molar-refractivity contribution in [1.29, 1.82) is 0 Å². The molecule has 3 rings (SSSR count). The smallest absolute Gasteiger partial charge is 0.168 e. The van der Waals surface area contributed by atoms with Gasteiger partial charge in [-0.25, -0.2) is 0 Å². The van der Waals surface area contributed by atoms with Crippen molar-refractivity contribution in [2.45, 2.75) is 31.0 Å². The Bertz CT molecular complexity index is 426. The van der Waals surface area contributed by atoms with Gasteiger partial charge in [0, 0.05) is 24.5 Å². The molecule has 1 heterocycles. The zero-order valence-corrected chi connectivity index (χ0v) is 11.6. The van der Waals surface area contributed by atoms with Crippen LogP contribution in [-0.4, -0.2) is 30.7 Å². The van der Waals surface area contributed by atoms with Crippen LogP contribution in [0.15, 0.2) is 24.3 Å². The highest BCUT2D eigenvalue weighted by atomic mass is 35.5. The Kier molecular flexibility index (Phi) is 3.81. The SMILES string of the molecule is OCC1CC2(CCC1c1ccc(Cl)cc1)OCCO2. The molecule has 1 saturated carbocycles. The summed E-state index contributed by atoms with van der Waals surface area (Å²) < 4.78 is 11.5. The minimum Gasteiger partial charge on any atom is -0.396 e. The van der Waals surface area contributed by atoms with E-state index in [2.05, 4.69) is 12.1 Å². The van der Waals surface area contributed by atoms with E-state index in [1.165, 1.54) is 5.56 Å². The third-order valence-electron chi connectivity index (χ3n) is 4.32. The van der Waals surface area contributed by atoms with Gasteiger partial charge in [-0.05, 0) is 36.0 Å². The van der Waals surface area contributed by atoms with Crippen molar-refractivity contribution in [3.05, 3.63) is 34.9 Å². The van der Waals surface area contributed by atoms with Gasteiger partial charge in [0.25, 0.3) is 0 Å². The molecule has 1 aromatic carbocycles. The number of aliphatic hydroxyl groups excluding tert-OH is 1. The summed E-state index contributed by atoms with van der Waals surface area (Å²) in [7, 11) is 0. The molecule has 0 amide bonds. The van der Waals surface area contributed by atoms with Gasteiger partial charge in [0.2, 0.25) is 0 Å². The molecule has 2 atom stereocenters. The predicted octanol–water partition coefficient (Wildman–Crippen LogP) is 2.96. The van der Waals surface area contributed by atoms with Crippen LogP contribution in [0, 0.1) is 5.92 Å². The number of hydrogen-bond acceptors (Lipinski definition) is 3. The molecule has 1 aliphatic heterocycles. The highest BCUT2D eigenvalue weighted by Gasteiger charge is 2.45. The molecule has 0 aromatic heterocycles.